The zero-order chi connectivity index (χ0) is 16.4. The highest BCUT2D eigenvalue weighted by Crippen LogP contribution is 2.33. The molecule has 0 spiro atoms. The zero-order valence-corrected chi connectivity index (χ0v) is 12.5. The van der Waals surface area contributed by atoms with Crippen molar-refractivity contribution in [2.24, 2.45) is 0 Å². The van der Waals surface area contributed by atoms with Gasteiger partial charge in [0.15, 0.2) is 0 Å². The van der Waals surface area contributed by atoms with Crippen LogP contribution in [0.5, 0.6) is 11.5 Å². The Kier molecular flexibility index (Phi) is 4.22. The summed E-state index contributed by atoms with van der Waals surface area (Å²) in [5.74, 6) is 0.283. The number of halogens is 2. The van der Waals surface area contributed by atoms with Crippen molar-refractivity contribution in [2.75, 3.05) is 0 Å². The lowest BCUT2D eigenvalue weighted by atomic mass is 9.78. The molecule has 0 aromatic heterocycles. The van der Waals surface area contributed by atoms with Gasteiger partial charge in [-0.3, -0.25) is 0 Å². The fourth-order valence-electron chi connectivity index (χ4n) is 2.18. The lowest BCUT2D eigenvalue weighted by Crippen LogP contribution is -2.21. The summed E-state index contributed by atoms with van der Waals surface area (Å²) in [6.45, 7) is 7.08. The molecule has 0 saturated heterocycles. The molecule has 0 unspecified atom stereocenters. The molecule has 2 aromatic rings. The van der Waals surface area contributed by atoms with Crippen LogP contribution in [0.15, 0.2) is 61.2 Å². The maximum atomic E-state index is 13.1. The van der Waals surface area contributed by atoms with Crippen LogP contribution in [0.1, 0.15) is 25.0 Å². The summed E-state index contributed by atoms with van der Waals surface area (Å²) in [7, 11) is 0. The highest BCUT2D eigenvalue weighted by Gasteiger charge is 2.27. The van der Waals surface area contributed by atoms with Crippen LogP contribution < -0.4 is 4.74 Å². The van der Waals surface area contributed by atoms with Gasteiger partial charge in [0.05, 0.1) is 0 Å². The summed E-state index contributed by atoms with van der Waals surface area (Å²) in [5, 5.41) is 9.37. The predicted molar refractivity (Wildman–Crippen MR) is 82.4 cm³/mol. The minimum atomic E-state index is -3.38. The molecule has 116 valence electrons. The van der Waals surface area contributed by atoms with Crippen molar-refractivity contribution in [3.63, 3.8) is 0 Å². The number of phenols is 1. The monoisotopic (exact) mass is 304 g/mol. The van der Waals surface area contributed by atoms with Gasteiger partial charge < -0.3 is 9.84 Å². The fourth-order valence-corrected chi connectivity index (χ4v) is 2.18. The summed E-state index contributed by atoms with van der Waals surface area (Å²) in [4.78, 5) is 0. The molecule has 0 aliphatic heterocycles. The molecule has 2 aromatic carbocycles. The Bertz CT molecular complexity index is 644. The van der Waals surface area contributed by atoms with E-state index >= 15 is 0 Å². The maximum Gasteiger partial charge on any atom is 0.419 e. The third-order valence-electron chi connectivity index (χ3n) is 3.66. The third-order valence-corrected chi connectivity index (χ3v) is 3.66. The van der Waals surface area contributed by atoms with Crippen molar-refractivity contribution in [1.29, 1.82) is 0 Å². The van der Waals surface area contributed by atoms with Crippen LogP contribution in [-0.2, 0) is 5.41 Å². The average Bonchev–Trinajstić information content (AvgIpc) is 2.48. The summed E-state index contributed by atoms with van der Waals surface area (Å²) in [5.41, 5.74) is 1.63. The first kappa shape index (κ1) is 16.0. The normalized spacial score (nSPS) is 12.0. The van der Waals surface area contributed by atoms with E-state index in [1.165, 1.54) is 12.1 Å². The van der Waals surface area contributed by atoms with Crippen molar-refractivity contribution >= 4 is 0 Å². The average molecular weight is 304 g/mol. The van der Waals surface area contributed by atoms with Crippen molar-refractivity contribution in [1.82, 2.24) is 0 Å². The number of rotatable bonds is 5. The van der Waals surface area contributed by atoms with Crippen LogP contribution in [0.3, 0.4) is 0 Å². The van der Waals surface area contributed by atoms with Gasteiger partial charge in [0.1, 0.15) is 11.5 Å². The number of hydrogen-bond acceptors (Lipinski definition) is 2. The molecule has 22 heavy (non-hydrogen) atoms. The Hall–Kier alpha value is -2.36. The second kappa shape index (κ2) is 5.79. The smallest absolute Gasteiger partial charge is 0.419 e. The summed E-state index contributed by atoms with van der Waals surface area (Å²) in [6.07, 6.45) is -2.92. The Labute approximate surface area is 128 Å². The zero-order valence-electron chi connectivity index (χ0n) is 12.5. The van der Waals surface area contributed by atoms with E-state index in [2.05, 4.69) is 11.3 Å². The van der Waals surface area contributed by atoms with E-state index in [1.807, 2.05) is 26.0 Å². The van der Waals surface area contributed by atoms with E-state index in [0.29, 0.717) is 6.08 Å². The van der Waals surface area contributed by atoms with Crippen LogP contribution in [0.4, 0.5) is 8.78 Å². The van der Waals surface area contributed by atoms with Gasteiger partial charge in [0.2, 0.25) is 0 Å². The van der Waals surface area contributed by atoms with Crippen molar-refractivity contribution < 1.29 is 18.6 Å². The van der Waals surface area contributed by atoms with Crippen LogP contribution in [0.2, 0.25) is 0 Å². The van der Waals surface area contributed by atoms with Crippen molar-refractivity contribution in [3.8, 4) is 11.5 Å². The Morgan fingerprint density at radius 1 is 0.955 bits per heavy atom. The maximum absolute atomic E-state index is 13.1. The highest BCUT2D eigenvalue weighted by molar-refractivity contribution is 5.41. The topological polar surface area (TPSA) is 29.5 Å². The van der Waals surface area contributed by atoms with Crippen LogP contribution in [0.25, 0.3) is 0 Å². The quantitative estimate of drug-likeness (QED) is 0.798. The highest BCUT2D eigenvalue weighted by atomic mass is 19.3. The van der Waals surface area contributed by atoms with Gasteiger partial charge in [-0.1, -0.05) is 44.7 Å². The standard InChI is InChI=1S/C18H18F2O2/c1-4-18(19,20)22-16-11-7-14(8-12-16)17(2,3)13-5-9-15(21)10-6-13/h4-12,21H,1H2,2-3H3. The van der Waals surface area contributed by atoms with Crippen LogP contribution >= 0.6 is 0 Å². The first-order valence-electron chi connectivity index (χ1n) is 6.85. The molecule has 0 amide bonds. The lowest BCUT2D eigenvalue weighted by molar-refractivity contribution is -0.131. The predicted octanol–water partition coefficient (Wildman–Crippen LogP) is 4.88. The first-order chi connectivity index (χ1) is 10.2. The van der Waals surface area contributed by atoms with Gasteiger partial charge in [-0.05, 0) is 35.4 Å². The Balaban J connectivity index is 2.25. The van der Waals surface area contributed by atoms with Gasteiger partial charge in [0, 0.05) is 11.5 Å². The van der Waals surface area contributed by atoms with Crippen molar-refractivity contribution in [2.45, 2.75) is 25.4 Å². The molecule has 0 heterocycles. The number of phenolic OH excluding ortho intramolecular Hbond substituents is 1. The Morgan fingerprint density at radius 2 is 1.41 bits per heavy atom. The number of alkyl halides is 2. The van der Waals surface area contributed by atoms with Gasteiger partial charge in [-0.25, -0.2) is 0 Å². The molecule has 0 radical (unpaired) electrons. The molecule has 0 fully saturated rings. The molecule has 0 atom stereocenters. The summed E-state index contributed by atoms with van der Waals surface area (Å²) < 4.78 is 30.8. The van der Waals surface area contributed by atoms with Crippen LogP contribution in [-0.4, -0.2) is 11.2 Å². The fraction of sp³-hybridized carbons (Fsp3) is 0.222. The van der Waals surface area contributed by atoms with Gasteiger partial charge >= 0.3 is 6.11 Å². The van der Waals surface area contributed by atoms with E-state index in [1.54, 1.807) is 24.3 Å². The molecular formula is C18H18F2O2. The SMILES string of the molecule is C=CC(F)(F)Oc1ccc(C(C)(C)c2ccc(O)cc2)cc1. The van der Waals surface area contributed by atoms with E-state index in [-0.39, 0.29) is 16.9 Å². The number of hydrogen-bond donors (Lipinski definition) is 1. The number of benzene rings is 2. The molecule has 0 aliphatic rings. The second-order valence-electron chi connectivity index (χ2n) is 5.56. The third kappa shape index (κ3) is 3.45. The minimum absolute atomic E-state index is 0.0788. The Morgan fingerprint density at radius 3 is 1.86 bits per heavy atom. The molecule has 2 nitrogen and oxygen atoms in total. The first-order valence-corrected chi connectivity index (χ1v) is 6.85. The molecule has 0 aliphatic carbocycles. The second-order valence-corrected chi connectivity index (χ2v) is 5.56. The van der Waals surface area contributed by atoms with Gasteiger partial charge in [-0.15, -0.1) is 0 Å². The minimum Gasteiger partial charge on any atom is -0.508 e. The van der Waals surface area contributed by atoms with E-state index in [4.69, 9.17) is 0 Å². The molecule has 0 saturated carbocycles. The number of ether oxygens (including phenoxy) is 1. The molecular weight excluding hydrogens is 286 g/mol. The summed E-state index contributed by atoms with van der Waals surface area (Å²) >= 11 is 0. The molecule has 1 N–H and O–H groups in total. The van der Waals surface area contributed by atoms with E-state index in [0.717, 1.165) is 11.1 Å². The van der Waals surface area contributed by atoms with E-state index in [9.17, 15) is 13.9 Å². The largest absolute Gasteiger partial charge is 0.508 e. The molecule has 2 rings (SSSR count). The summed E-state index contributed by atoms with van der Waals surface area (Å²) in [6, 6.07) is 13.4. The molecule has 0 bridgehead atoms. The van der Waals surface area contributed by atoms with Gasteiger partial charge in [0.25, 0.3) is 0 Å². The van der Waals surface area contributed by atoms with Gasteiger partial charge in [-0.2, -0.15) is 8.78 Å². The molecule has 4 heteroatoms. The number of aromatic hydroxyl groups is 1. The van der Waals surface area contributed by atoms with E-state index < -0.39 is 6.11 Å². The van der Waals surface area contributed by atoms with Crippen LogP contribution in [0, 0.1) is 0 Å². The van der Waals surface area contributed by atoms with Crippen molar-refractivity contribution in [3.05, 3.63) is 72.3 Å². The lowest BCUT2D eigenvalue weighted by Gasteiger charge is -2.26.